The molecule has 0 bridgehead atoms. The summed E-state index contributed by atoms with van der Waals surface area (Å²) in [5.74, 6) is 0. The molecule has 0 saturated carbocycles. The standard InChI is InChI=1S/C54H38N2Si/c1-4-22-43(23-5-1)57(44-24-6-2-7-25-44,45-26-8-3-9-27-45)46-34-35-50-49-30-12-15-33-53(49)56(54(50)38-46)42-21-17-19-40(37-42)39-18-16-20-41(36-39)55-51-31-13-10-28-47(51)48-29-11-14-32-52(48)55/h1-38H. The average Bonchev–Trinajstić information content (AvgIpc) is 3.81. The van der Waals surface area contributed by atoms with Gasteiger partial charge >= 0.3 is 0 Å². The molecular weight excluding hydrogens is 705 g/mol. The van der Waals surface area contributed by atoms with Crippen molar-refractivity contribution in [1.82, 2.24) is 9.13 Å². The Hall–Kier alpha value is -7.20. The van der Waals surface area contributed by atoms with E-state index in [1.807, 2.05) is 0 Å². The van der Waals surface area contributed by atoms with E-state index in [1.54, 1.807) is 0 Å². The quantitative estimate of drug-likeness (QED) is 0.114. The van der Waals surface area contributed by atoms with Gasteiger partial charge in [0.1, 0.15) is 0 Å². The van der Waals surface area contributed by atoms with E-state index < -0.39 is 8.07 Å². The number of fused-ring (bicyclic) bond motifs is 6. The Morgan fingerprint density at radius 2 is 0.614 bits per heavy atom. The van der Waals surface area contributed by atoms with Gasteiger partial charge in [-0.25, -0.2) is 0 Å². The Bertz CT molecular complexity index is 3080. The first kappa shape index (κ1) is 33.2. The number of hydrogen-bond donors (Lipinski definition) is 0. The summed E-state index contributed by atoms with van der Waals surface area (Å²) in [5.41, 5.74) is 9.50. The summed E-state index contributed by atoms with van der Waals surface area (Å²) in [7, 11) is -2.74. The number of aromatic nitrogens is 2. The van der Waals surface area contributed by atoms with Crippen molar-refractivity contribution in [3.63, 3.8) is 0 Å². The number of nitrogens with zero attached hydrogens (tertiary/aromatic N) is 2. The second-order valence-electron chi connectivity index (χ2n) is 14.9. The molecule has 2 nitrogen and oxygen atoms in total. The Kier molecular flexibility index (Phi) is 7.87. The van der Waals surface area contributed by atoms with Crippen LogP contribution in [0.25, 0.3) is 66.1 Å². The lowest BCUT2D eigenvalue weighted by Gasteiger charge is -2.34. The van der Waals surface area contributed by atoms with E-state index in [4.69, 9.17) is 0 Å². The largest absolute Gasteiger partial charge is 0.309 e. The van der Waals surface area contributed by atoms with Gasteiger partial charge in [-0.2, -0.15) is 0 Å². The molecule has 57 heavy (non-hydrogen) atoms. The second kappa shape index (κ2) is 13.5. The zero-order valence-corrected chi connectivity index (χ0v) is 32.3. The molecule has 0 unspecified atom stereocenters. The zero-order chi connectivity index (χ0) is 37.8. The summed E-state index contributed by atoms with van der Waals surface area (Å²) in [4.78, 5) is 0. The van der Waals surface area contributed by atoms with Crippen LogP contribution < -0.4 is 20.7 Å². The molecule has 0 radical (unpaired) electrons. The van der Waals surface area contributed by atoms with Gasteiger partial charge in [-0.3, -0.25) is 0 Å². The van der Waals surface area contributed by atoms with Crippen LogP contribution in [0, 0.1) is 0 Å². The summed E-state index contributed by atoms with van der Waals surface area (Å²) in [6, 6.07) is 85.2. The molecule has 3 heteroatoms. The monoisotopic (exact) mass is 742 g/mol. The van der Waals surface area contributed by atoms with E-state index >= 15 is 0 Å². The number of benzene rings is 9. The van der Waals surface area contributed by atoms with Gasteiger partial charge in [0.15, 0.2) is 8.07 Å². The van der Waals surface area contributed by atoms with Gasteiger partial charge in [0, 0.05) is 32.9 Å². The predicted octanol–water partition coefficient (Wildman–Crippen LogP) is 10.9. The molecule has 2 aromatic heterocycles. The van der Waals surface area contributed by atoms with Crippen LogP contribution in [0.5, 0.6) is 0 Å². The van der Waals surface area contributed by atoms with E-state index in [0.29, 0.717) is 0 Å². The van der Waals surface area contributed by atoms with Crippen molar-refractivity contribution in [2.45, 2.75) is 0 Å². The highest BCUT2D eigenvalue weighted by molar-refractivity contribution is 7.20. The molecule has 0 amide bonds. The lowest BCUT2D eigenvalue weighted by atomic mass is 10.0. The first-order valence-corrected chi connectivity index (χ1v) is 21.7. The van der Waals surface area contributed by atoms with Gasteiger partial charge in [0.2, 0.25) is 0 Å². The van der Waals surface area contributed by atoms with Gasteiger partial charge in [-0.1, -0.05) is 182 Å². The minimum atomic E-state index is -2.74. The van der Waals surface area contributed by atoms with Crippen molar-refractivity contribution in [2.75, 3.05) is 0 Å². The lowest BCUT2D eigenvalue weighted by molar-refractivity contribution is 1.17. The molecule has 268 valence electrons. The highest BCUT2D eigenvalue weighted by atomic mass is 28.3. The first-order chi connectivity index (χ1) is 28.3. The van der Waals surface area contributed by atoms with Crippen molar-refractivity contribution in [1.29, 1.82) is 0 Å². The van der Waals surface area contributed by atoms with E-state index in [9.17, 15) is 0 Å². The van der Waals surface area contributed by atoms with Crippen molar-refractivity contribution in [3.05, 3.63) is 231 Å². The third kappa shape index (κ3) is 5.24. The molecule has 0 N–H and O–H groups in total. The van der Waals surface area contributed by atoms with Crippen LogP contribution in [0.2, 0.25) is 0 Å². The minimum Gasteiger partial charge on any atom is -0.309 e. The Morgan fingerprint density at radius 3 is 1.05 bits per heavy atom. The fourth-order valence-corrected chi connectivity index (χ4v) is 14.2. The van der Waals surface area contributed by atoms with Crippen LogP contribution in [-0.2, 0) is 0 Å². The van der Waals surface area contributed by atoms with Crippen molar-refractivity contribution in [2.24, 2.45) is 0 Å². The van der Waals surface area contributed by atoms with Crippen LogP contribution in [-0.4, -0.2) is 17.2 Å². The molecule has 11 aromatic rings. The molecule has 9 aromatic carbocycles. The van der Waals surface area contributed by atoms with Crippen LogP contribution in [0.1, 0.15) is 0 Å². The first-order valence-electron chi connectivity index (χ1n) is 19.7. The van der Waals surface area contributed by atoms with Gasteiger partial charge in [0.05, 0.1) is 22.1 Å². The maximum Gasteiger partial charge on any atom is 0.179 e. The maximum absolute atomic E-state index is 2.74. The molecule has 11 rings (SSSR count). The van der Waals surface area contributed by atoms with Gasteiger partial charge in [-0.15, -0.1) is 0 Å². The maximum atomic E-state index is 2.50. The highest BCUT2D eigenvalue weighted by Gasteiger charge is 2.41. The van der Waals surface area contributed by atoms with Crippen LogP contribution >= 0.6 is 0 Å². The van der Waals surface area contributed by atoms with Crippen LogP contribution in [0.15, 0.2) is 231 Å². The fraction of sp³-hybridized carbons (Fsp3) is 0. The van der Waals surface area contributed by atoms with Gasteiger partial charge in [-0.05, 0) is 80.4 Å². The van der Waals surface area contributed by atoms with Crippen LogP contribution in [0.3, 0.4) is 0 Å². The summed E-state index contributed by atoms with van der Waals surface area (Å²) in [6.45, 7) is 0. The van der Waals surface area contributed by atoms with Gasteiger partial charge in [0.25, 0.3) is 0 Å². The van der Waals surface area contributed by atoms with E-state index in [-0.39, 0.29) is 0 Å². The van der Waals surface area contributed by atoms with Gasteiger partial charge < -0.3 is 9.13 Å². The zero-order valence-electron chi connectivity index (χ0n) is 31.3. The fourth-order valence-electron chi connectivity index (χ4n) is 9.40. The van der Waals surface area contributed by atoms with Crippen molar-refractivity contribution >= 4 is 72.4 Å². The number of rotatable bonds is 7. The molecular formula is C54H38N2Si. The van der Waals surface area contributed by atoms with Crippen LogP contribution in [0.4, 0.5) is 0 Å². The van der Waals surface area contributed by atoms with E-state index in [0.717, 1.165) is 11.4 Å². The third-order valence-electron chi connectivity index (χ3n) is 11.8. The topological polar surface area (TPSA) is 9.86 Å². The van der Waals surface area contributed by atoms with E-state index in [1.165, 1.54) is 75.5 Å². The smallest absolute Gasteiger partial charge is 0.179 e. The Labute approximate surface area is 333 Å². The van der Waals surface area contributed by atoms with E-state index in [2.05, 4.69) is 240 Å². The van der Waals surface area contributed by atoms with Crippen molar-refractivity contribution in [3.8, 4) is 22.5 Å². The summed E-state index contributed by atoms with van der Waals surface area (Å²) < 4.78 is 4.88. The molecule has 0 atom stereocenters. The Morgan fingerprint density at radius 1 is 0.246 bits per heavy atom. The molecule has 2 heterocycles. The predicted molar refractivity (Wildman–Crippen MR) is 244 cm³/mol. The molecule has 0 aliphatic rings. The second-order valence-corrected chi connectivity index (χ2v) is 18.7. The molecule has 0 fully saturated rings. The number of para-hydroxylation sites is 3. The normalized spacial score (nSPS) is 11.9. The van der Waals surface area contributed by atoms with Crippen molar-refractivity contribution < 1.29 is 0 Å². The SMILES string of the molecule is c1ccc([Si](c2ccccc2)(c2ccccc2)c2ccc3c4ccccc4n(-c4cccc(-c5cccc(-n6c7ccccc7c7ccccc76)c5)c4)c3c2)cc1. The lowest BCUT2D eigenvalue weighted by Crippen LogP contribution is -2.74. The molecule has 0 aliphatic heterocycles. The Balaban J connectivity index is 1.12. The molecule has 0 saturated heterocycles. The summed E-state index contributed by atoms with van der Waals surface area (Å²) >= 11 is 0. The highest BCUT2D eigenvalue weighted by Crippen LogP contribution is 2.36. The summed E-state index contributed by atoms with van der Waals surface area (Å²) in [5, 5.41) is 10.5. The average molecular weight is 743 g/mol. The minimum absolute atomic E-state index is 1.14. The third-order valence-corrected chi connectivity index (χ3v) is 16.6. The molecule has 0 spiro atoms. The molecule has 0 aliphatic carbocycles. The number of hydrogen-bond acceptors (Lipinski definition) is 0. The summed E-state index contributed by atoms with van der Waals surface area (Å²) in [6.07, 6.45) is 0.